The van der Waals surface area contributed by atoms with Gasteiger partial charge >= 0.3 is 0 Å². The molecule has 1 amide bonds. The van der Waals surface area contributed by atoms with Gasteiger partial charge in [-0.3, -0.25) is 4.79 Å². The lowest BCUT2D eigenvalue weighted by molar-refractivity contribution is -0.173. The van der Waals surface area contributed by atoms with Crippen LogP contribution in [0.25, 0.3) is 5.65 Å². The third kappa shape index (κ3) is 3.66. The molecule has 31 heavy (non-hydrogen) atoms. The minimum absolute atomic E-state index is 0.0969. The van der Waals surface area contributed by atoms with Crippen LogP contribution >= 0.6 is 0 Å². The van der Waals surface area contributed by atoms with Crippen LogP contribution in [-0.2, 0) is 10.2 Å². The first-order valence-electron chi connectivity index (χ1n) is 10.6. The van der Waals surface area contributed by atoms with E-state index in [2.05, 4.69) is 63.6 Å². The number of carbonyl (C=O) groups is 1. The Morgan fingerprint density at radius 2 is 2.06 bits per heavy atom. The van der Waals surface area contributed by atoms with Crippen molar-refractivity contribution in [2.45, 2.75) is 31.3 Å². The van der Waals surface area contributed by atoms with Crippen molar-refractivity contribution in [3.8, 4) is 0 Å². The van der Waals surface area contributed by atoms with E-state index in [1.807, 2.05) is 13.1 Å². The Bertz CT molecular complexity index is 1120. The van der Waals surface area contributed by atoms with Gasteiger partial charge in [0.1, 0.15) is 5.60 Å². The molecule has 1 aromatic carbocycles. The highest BCUT2D eigenvalue weighted by molar-refractivity contribution is 5.91. The van der Waals surface area contributed by atoms with Gasteiger partial charge in [-0.2, -0.15) is 0 Å². The van der Waals surface area contributed by atoms with Gasteiger partial charge in [0.15, 0.2) is 5.65 Å². The first-order chi connectivity index (χ1) is 14.9. The zero-order valence-electron chi connectivity index (χ0n) is 17.8. The zero-order chi connectivity index (χ0) is 21.6. The molecule has 2 aliphatic rings. The Labute approximate surface area is 180 Å². The van der Waals surface area contributed by atoms with Gasteiger partial charge in [-0.25, -0.2) is 9.50 Å². The van der Waals surface area contributed by atoms with Crippen LogP contribution in [0.4, 0.5) is 5.69 Å². The lowest BCUT2D eigenvalue weighted by Gasteiger charge is -2.36. The molecule has 0 radical (unpaired) electrons. The number of aromatic nitrogens is 3. The quantitative estimate of drug-likeness (QED) is 0.652. The molecular formula is C23H27N5O3. The molecule has 2 aliphatic heterocycles. The van der Waals surface area contributed by atoms with Crippen LogP contribution in [0.5, 0.6) is 0 Å². The number of pyridine rings is 1. The molecule has 1 atom stereocenters. The number of fused-ring (bicyclic) bond motifs is 1. The van der Waals surface area contributed by atoms with E-state index in [9.17, 15) is 9.90 Å². The predicted octanol–water partition coefficient (Wildman–Crippen LogP) is 1.70. The van der Waals surface area contributed by atoms with E-state index in [0.717, 1.165) is 30.8 Å². The third-order valence-corrected chi connectivity index (χ3v) is 6.43. The predicted molar refractivity (Wildman–Crippen MR) is 116 cm³/mol. The van der Waals surface area contributed by atoms with E-state index in [1.54, 1.807) is 4.52 Å². The molecule has 3 aromatic rings. The largest absolute Gasteiger partial charge is 0.383 e. The van der Waals surface area contributed by atoms with E-state index in [4.69, 9.17) is 4.74 Å². The molecule has 0 unspecified atom stereocenters. The second kappa shape index (κ2) is 7.32. The number of rotatable bonds is 5. The minimum Gasteiger partial charge on any atom is -0.383 e. The van der Waals surface area contributed by atoms with Crippen molar-refractivity contribution in [2.24, 2.45) is 0 Å². The lowest BCUT2D eigenvalue weighted by Crippen LogP contribution is -2.57. The van der Waals surface area contributed by atoms with Crippen molar-refractivity contribution in [2.75, 3.05) is 37.7 Å². The Balaban J connectivity index is 1.36. The van der Waals surface area contributed by atoms with Gasteiger partial charge in [0.05, 0.1) is 31.6 Å². The maximum Gasteiger partial charge on any atom is 0.291 e. The maximum atomic E-state index is 12.5. The molecule has 8 heteroatoms. The number of aliphatic hydroxyl groups is 1. The molecule has 2 aromatic heterocycles. The third-order valence-electron chi connectivity index (χ3n) is 6.43. The summed E-state index contributed by atoms with van der Waals surface area (Å²) in [6.45, 7) is 6.75. The summed E-state index contributed by atoms with van der Waals surface area (Å²) in [4.78, 5) is 19.3. The number of hydrogen-bond donors (Lipinski definition) is 2. The lowest BCUT2D eigenvalue weighted by atomic mass is 9.82. The van der Waals surface area contributed by atoms with E-state index < -0.39 is 11.5 Å². The molecule has 0 bridgehead atoms. The summed E-state index contributed by atoms with van der Waals surface area (Å²) in [6.07, 6.45) is 3.02. The Morgan fingerprint density at radius 1 is 1.29 bits per heavy atom. The van der Waals surface area contributed by atoms with Crippen LogP contribution in [-0.4, -0.2) is 64.1 Å². The highest BCUT2D eigenvalue weighted by atomic mass is 16.5. The van der Waals surface area contributed by atoms with Crippen molar-refractivity contribution in [1.82, 2.24) is 19.9 Å². The summed E-state index contributed by atoms with van der Waals surface area (Å²) in [6, 6.07) is 12.8. The van der Waals surface area contributed by atoms with Gasteiger partial charge < -0.3 is 20.1 Å². The molecule has 2 saturated heterocycles. The summed E-state index contributed by atoms with van der Waals surface area (Å²) in [5, 5.41) is 17.2. The molecule has 162 valence electrons. The summed E-state index contributed by atoms with van der Waals surface area (Å²) in [5.74, 6) is -0.303. The van der Waals surface area contributed by atoms with Crippen LogP contribution in [0.1, 0.15) is 35.1 Å². The number of carbonyl (C=O) groups excluding carboxylic acids is 1. The second-order valence-electron chi connectivity index (χ2n) is 9.08. The number of benzene rings is 1. The van der Waals surface area contributed by atoms with E-state index in [1.165, 1.54) is 5.56 Å². The monoisotopic (exact) mass is 421 g/mol. The smallest absolute Gasteiger partial charge is 0.291 e. The average molecular weight is 422 g/mol. The Kier molecular flexibility index (Phi) is 4.71. The van der Waals surface area contributed by atoms with Gasteiger partial charge in [-0.1, -0.05) is 37.3 Å². The van der Waals surface area contributed by atoms with Crippen LogP contribution in [0, 0.1) is 6.92 Å². The van der Waals surface area contributed by atoms with Crippen molar-refractivity contribution in [1.29, 1.82) is 0 Å². The first-order valence-corrected chi connectivity index (χ1v) is 10.6. The van der Waals surface area contributed by atoms with Crippen molar-refractivity contribution >= 4 is 17.2 Å². The molecule has 5 rings (SSSR count). The Morgan fingerprint density at radius 3 is 2.77 bits per heavy atom. The SMILES string of the molecule is Cc1cc(N2CC[C@](C)(c3ccccc3)C2)cn2nc(C(=O)NCC3(O)COC3)nc12. The number of hydrogen-bond acceptors (Lipinski definition) is 6. The molecule has 8 nitrogen and oxygen atoms in total. The number of anilines is 1. The molecule has 2 N–H and O–H groups in total. The number of aryl methyl sites for hydroxylation is 1. The fourth-order valence-electron chi connectivity index (χ4n) is 4.42. The first kappa shape index (κ1) is 20.0. The standard InChI is InChI=1S/C23H27N5O3/c1-16-10-18(27-9-8-22(2,13-27)17-6-4-3-5-7-17)11-28-20(16)25-19(26-28)21(29)24-12-23(30)14-31-15-23/h3-7,10-11,30H,8-9,12-15H2,1-2H3,(H,24,29)/t22-/m0/s1. The van der Waals surface area contributed by atoms with Crippen LogP contribution in [0.2, 0.25) is 0 Å². The van der Waals surface area contributed by atoms with Crippen LogP contribution in [0.3, 0.4) is 0 Å². The minimum atomic E-state index is -0.987. The maximum absolute atomic E-state index is 12.5. The fourth-order valence-corrected chi connectivity index (χ4v) is 4.42. The number of ether oxygens (including phenoxy) is 1. The molecule has 0 aliphatic carbocycles. The molecule has 4 heterocycles. The zero-order valence-corrected chi connectivity index (χ0v) is 17.8. The fraction of sp³-hybridized carbons (Fsp3) is 0.435. The highest BCUT2D eigenvalue weighted by Gasteiger charge is 2.37. The molecule has 2 fully saturated rings. The van der Waals surface area contributed by atoms with Gasteiger partial charge in [-0.15, -0.1) is 5.10 Å². The average Bonchev–Trinajstić information content (AvgIpc) is 3.36. The summed E-state index contributed by atoms with van der Waals surface area (Å²) in [7, 11) is 0. The molecule has 0 spiro atoms. The van der Waals surface area contributed by atoms with E-state index in [0.29, 0.717) is 5.65 Å². The summed E-state index contributed by atoms with van der Waals surface area (Å²) >= 11 is 0. The summed E-state index contributed by atoms with van der Waals surface area (Å²) in [5.41, 5.74) is 3.16. The van der Waals surface area contributed by atoms with Gasteiger partial charge in [0.2, 0.25) is 5.82 Å². The number of amides is 1. The Hall–Kier alpha value is -2.97. The van der Waals surface area contributed by atoms with Crippen LogP contribution in [0.15, 0.2) is 42.6 Å². The second-order valence-corrected chi connectivity index (χ2v) is 9.08. The van der Waals surface area contributed by atoms with Crippen molar-refractivity contribution in [3.63, 3.8) is 0 Å². The normalized spacial score (nSPS) is 22.5. The van der Waals surface area contributed by atoms with Crippen molar-refractivity contribution in [3.05, 3.63) is 59.5 Å². The van der Waals surface area contributed by atoms with Gasteiger partial charge in [-0.05, 0) is 30.5 Å². The summed E-state index contributed by atoms with van der Waals surface area (Å²) < 4.78 is 6.68. The number of nitrogens with one attached hydrogen (secondary N) is 1. The van der Waals surface area contributed by atoms with E-state index in [-0.39, 0.29) is 31.0 Å². The molecular weight excluding hydrogens is 394 g/mol. The number of nitrogens with zero attached hydrogens (tertiary/aromatic N) is 4. The van der Waals surface area contributed by atoms with Gasteiger partial charge in [0.25, 0.3) is 5.91 Å². The van der Waals surface area contributed by atoms with Crippen LogP contribution < -0.4 is 10.2 Å². The molecule has 0 saturated carbocycles. The van der Waals surface area contributed by atoms with E-state index >= 15 is 0 Å². The highest BCUT2D eigenvalue weighted by Crippen LogP contribution is 2.36. The van der Waals surface area contributed by atoms with Gasteiger partial charge in [0, 0.05) is 18.5 Å². The van der Waals surface area contributed by atoms with Crippen molar-refractivity contribution < 1.29 is 14.6 Å². The topological polar surface area (TPSA) is 92.0 Å².